The van der Waals surface area contributed by atoms with Gasteiger partial charge in [0.15, 0.2) is 0 Å². The Balaban J connectivity index is 2.10. The minimum Gasteiger partial charge on any atom is -0.488 e. The number of hydrogen-bond acceptors (Lipinski definition) is 3. The highest BCUT2D eigenvalue weighted by atomic mass is 16.6. The molecule has 0 aliphatic heterocycles. The second kappa shape index (κ2) is 2.97. The molecule has 0 N–H and O–H groups in total. The fourth-order valence-electron chi connectivity index (χ4n) is 1.20. The van der Waals surface area contributed by atoms with Crippen molar-refractivity contribution in [2.45, 2.75) is 25.4 Å². The van der Waals surface area contributed by atoms with Crippen molar-refractivity contribution < 1.29 is 9.66 Å². The number of nitro groups is 1. The van der Waals surface area contributed by atoms with Crippen molar-refractivity contribution in [2.24, 2.45) is 0 Å². The molecule has 0 unspecified atom stereocenters. The summed E-state index contributed by atoms with van der Waals surface area (Å²) in [5.74, 6) is 0.704. The molecule has 1 aromatic carbocycles. The highest BCUT2D eigenvalue weighted by molar-refractivity contribution is 5.36. The van der Waals surface area contributed by atoms with Crippen molar-refractivity contribution in [3.05, 3.63) is 34.4 Å². The summed E-state index contributed by atoms with van der Waals surface area (Å²) in [5, 5.41) is 10.4. The first-order valence-electron chi connectivity index (χ1n) is 4.53. The van der Waals surface area contributed by atoms with Crippen molar-refractivity contribution in [1.82, 2.24) is 0 Å². The van der Waals surface area contributed by atoms with Gasteiger partial charge >= 0.3 is 0 Å². The first kappa shape index (κ1) is 8.99. The van der Waals surface area contributed by atoms with Crippen molar-refractivity contribution in [3.63, 3.8) is 0 Å². The molecule has 1 aliphatic carbocycles. The van der Waals surface area contributed by atoms with Crippen LogP contribution in [-0.2, 0) is 0 Å². The third kappa shape index (κ3) is 1.84. The minimum absolute atomic E-state index is 0.0316. The predicted octanol–water partition coefficient (Wildman–Crippen LogP) is 2.53. The lowest BCUT2D eigenvalue weighted by Gasteiger charge is -2.11. The van der Waals surface area contributed by atoms with Crippen LogP contribution in [0, 0.1) is 10.1 Å². The van der Waals surface area contributed by atoms with Crippen molar-refractivity contribution in [1.29, 1.82) is 0 Å². The SMILES string of the molecule is CC1(Oc2ccc([N+](=O)[O-])cc2)CC1. The van der Waals surface area contributed by atoms with Gasteiger partial charge in [-0.25, -0.2) is 0 Å². The second-order valence-electron chi connectivity index (χ2n) is 3.80. The van der Waals surface area contributed by atoms with E-state index in [1.165, 1.54) is 12.1 Å². The topological polar surface area (TPSA) is 52.4 Å². The number of hydrogen-bond donors (Lipinski definition) is 0. The largest absolute Gasteiger partial charge is 0.488 e. The third-order valence-corrected chi connectivity index (χ3v) is 2.37. The maximum absolute atomic E-state index is 10.4. The molecule has 2 rings (SSSR count). The van der Waals surface area contributed by atoms with E-state index in [2.05, 4.69) is 0 Å². The molecule has 74 valence electrons. The van der Waals surface area contributed by atoms with Crippen LogP contribution in [0.25, 0.3) is 0 Å². The molecule has 1 aromatic rings. The fourth-order valence-corrected chi connectivity index (χ4v) is 1.20. The molecule has 0 aromatic heterocycles. The molecule has 0 bridgehead atoms. The zero-order valence-electron chi connectivity index (χ0n) is 7.90. The van der Waals surface area contributed by atoms with Gasteiger partial charge in [0, 0.05) is 12.1 Å². The number of rotatable bonds is 3. The minimum atomic E-state index is -0.414. The first-order chi connectivity index (χ1) is 6.59. The van der Waals surface area contributed by atoms with Crippen LogP contribution >= 0.6 is 0 Å². The Morgan fingerprint density at radius 1 is 1.36 bits per heavy atom. The molecule has 1 fully saturated rings. The Labute approximate surface area is 81.7 Å². The molecule has 1 aliphatic rings. The molecular weight excluding hydrogens is 182 g/mol. The van der Waals surface area contributed by atoms with Crippen LogP contribution < -0.4 is 4.74 Å². The van der Waals surface area contributed by atoms with E-state index in [-0.39, 0.29) is 11.3 Å². The molecule has 0 saturated heterocycles. The molecule has 0 radical (unpaired) electrons. The summed E-state index contributed by atoms with van der Waals surface area (Å²) in [6.07, 6.45) is 2.12. The zero-order valence-corrected chi connectivity index (χ0v) is 7.90. The second-order valence-corrected chi connectivity index (χ2v) is 3.80. The molecule has 4 nitrogen and oxygen atoms in total. The lowest BCUT2D eigenvalue weighted by Crippen LogP contribution is -2.11. The van der Waals surface area contributed by atoms with Crippen LogP contribution in [0.1, 0.15) is 19.8 Å². The maximum atomic E-state index is 10.4. The van der Waals surface area contributed by atoms with E-state index < -0.39 is 4.92 Å². The average Bonchev–Trinajstić information content (AvgIpc) is 2.84. The summed E-state index contributed by atoms with van der Waals surface area (Å²) in [6.45, 7) is 2.04. The summed E-state index contributed by atoms with van der Waals surface area (Å²) in [7, 11) is 0. The highest BCUT2D eigenvalue weighted by Gasteiger charge is 2.39. The van der Waals surface area contributed by atoms with E-state index in [1.807, 2.05) is 6.92 Å². The number of ether oxygens (including phenoxy) is 1. The maximum Gasteiger partial charge on any atom is 0.269 e. The summed E-state index contributed by atoms with van der Waals surface area (Å²) in [5.41, 5.74) is 0.0640. The summed E-state index contributed by atoms with van der Waals surface area (Å²) in [6, 6.07) is 6.20. The average molecular weight is 193 g/mol. The highest BCUT2D eigenvalue weighted by Crippen LogP contribution is 2.39. The number of nitrogens with zero attached hydrogens (tertiary/aromatic N) is 1. The van der Waals surface area contributed by atoms with Gasteiger partial charge in [0.2, 0.25) is 0 Å². The summed E-state index contributed by atoms with van der Waals surface area (Å²) < 4.78 is 5.62. The van der Waals surface area contributed by atoms with Gasteiger partial charge in [0.05, 0.1) is 4.92 Å². The normalized spacial score (nSPS) is 17.5. The van der Waals surface area contributed by atoms with Gasteiger partial charge in [-0.1, -0.05) is 0 Å². The van der Waals surface area contributed by atoms with E-state index in [0.29, 0.717) is 5.75 Å². The molecule has 1 saturated carbocycles. The molecule has 4 heteroatoms. The Morgan fingerprint density at radius 3 is 2.36 bits per heavy atom. The van der Waals surface area contributed by atoms with Crippen LogP contribution in [0.2, 0.25) is 0 Å². The molecule has 0 heterocycles. The van der Waals surface area contributed by atoms with Gasteiger partial charge in [-0.15, -0.1) is 0 Å². The van der Waals surface area contributed by atoms with E-state index >= 15 is 0 Å². The molecule has 0 atom stereocenters. The Kier molecular flexibility index (Phi) is 1.91. The standard InChI is InChI=1S/C10H11NO3/c1-10(6-7-10)14-9-4-2-8(3-5-9)11(12)13/h2-5H,6-7H2,1H3. The van der Waals surface area contributed by atoms with E-state index in [0.717, 1.165) is 12.8 Å². The summed E-state index contributed by atoms with van der Waals surface area (Å²) >= 11 is 0. The first-order valence-corrected chi connectivity index (χ1v) is 4.53. The van der Waals surface area contributed by atoms with Gasteiger partial charge in [-0.2, -0.15) is 0 Å². The van der Waals surface area contributed by atoms with Gasteiger partial charge in [0.1, 0.15) is 11.4 Å². The number of non-ortho nitro benzene ring substituents is 1. The van der Waals surface area contributed by atoms with Crippen LogP contribution in [-0.4, -0.2) is 10.5 Å². The Hall–Kier alpha value is -1.58. The summed E-state index contributed by atoms with van der Waals surface area (Å²) in [4.78, 5) is 9.96. The Morgan fingerprint density at radius 2 is 1.93 bits per heavy atom. The van der Waals surface area contributed by atoms with Crippen LogP contribution in [0.3, 0.4) is 0 Å². The van der Waals surface area contributed by atoms with Gasteiger partial charge in [-0.3, -0.25) is 10.1 Å². The van der Waals surface area contributed by atoms with Gasteiger partial charge in [-0.05, 0) is 31.9 Å². The predicted molar refractivity (Wildman–Crippen MR) is 51.4 cm³/mol. The quantitative estimate of drug-likeness (QED) is 0.547. The lowest BCUT2D eigenvalue weighted by molar-refractivity contribution is -0.384. The molecule has 0 spiro atoms. The van der Waals surface area contributed by atoms with E-state index in [4.69, 9.17) is 4.74 Å². The van der Waals surface area contributed by atoms with Gasteiger partial charge in [0.25, 0.3) is 5.69 Å². The fraction of sp³-hybridized carbons (Fsp3) is 0.400. The molecule has 14 heavy (non-hydrogen) atoms. The van der Waals surface area contributed by atoms with Crippen LogP contribution in [0.4, 0.5) is 5.69 Å². The number of benzene rings is 1. The third-order valence-electron chi connectivity index (χ3n) is 2.37. The van der Waals surface area contributed by atoms with Crippen LogP contribution in [0.15, 0.2) is 24.3 Å². The molecule has 0 amide bonds. The van der Waals surface area contributed by atoms with Crippen molar-refractivity contribution in [3.8, 4) is 5.75 Å². The number of nitro benzene ring substituents is 1. The van der Waals surface area contributed by atoms with E-state index in [1.54, 1.807) is 12.1 Å². The van der Waals surface area contributed by atoms with Crippen molar-refractivity contribution in [2.75, 3.05) is 0 Å². The van der Waals surface area contributed by atoms with E-state index in [9.17, 15) is 10.1 Å². The smallest absolute Gasteiger partial charge is 0.269 e. The van der Waals surface area contributed by atoms with Crippen molar-refractivity contribution >= 4 is 5.69 Å². The van der Waals surface area contributed by atoms with Crippen LogP contribution in [0.5, 0.6) is 5.75 Å². The lowest BCUT2D eigenvalue weighted by atomic mass is 10.3. The monoisotopic (exact) mass is 193 g/mol. The molecular formula is C10H11NO3. The van der Waals surface area contributed by atoms with Gasteiger partial charge < -0.3 is 4.74 Å². The Bertz CT molecular complexity index is 354. The zero-order chi connectivity index (χ0) is 10.2.